The third-order valence-corrected chi connectivity index (χ3v) is 3.99. The molecule has 1 aromatic heterocycles. The van der Waals surface area contributed by atoms with Crippen molar-refractivity contribution in [1.82, 2.24) is 0 Å². The summed E-state index contributed by atoms with van der Waals surface area (Å²) in [6, 6.07) is 6.31. The molecular weight excluding hydrogens is 200 g/mol. The van der Waals surface area contributed by atoms with E-state index in [4.69, 9.17) is 11.6 Å². The summed E-state index contributed by atoms with van der Waals surface area (Å²) in [6.45, 7) is 4.30. The van der Waals surface area contributed by atoms with Crippen molar-refractivity contribution in [2.45, 2.75) is 20.3 Å². The van der Waals surface area contributed by atoms with Gasteiger partial charge in [-0.3, -0.25) is 0 Å². The molecule has 0 N–H and O–H groups in total. The van der Waals surface area contributed by atoms with Crippen LogP contribution in [-0.4, -0.2) is 0 Å². The van der Waals surface area contributed by atoms with Gasteiger partial charge in [0.15, 0.2) is 0 Å². The number of halogens is 1. The molecule has 0 aliphatic rings. The SMILES string of the molecule is CCc1cc2c(C)ccc(Cl)c2s1. The van der Waals surface area contributed by atoms with Gasteiger partial charge < -0.3 is 0 Å². The fourth-order valence-corrected chi connectivity index (χ4v) is 2.81. The zero-order valence-corrected chi connectivity index (χ0v) is 9.30. The lowest BCUT2D eigenvalue weighted by molar-refractivity contribution is 1.19. The normalized spacial score (nSPS) is 11.0. The van der Waals surface area contributed by atoms with Crippen molar-refractivity contribution < 1.29 is 0 Å². The van der Waals surface area contributed by atoms with E-state index in [2.05, 4.69) is 26.0 Å². The van der Waals surface area contributed by atoms with Crippen LogP contribution < -0.4 is 0 Å². The van der Waals surface area contributed by atoms with Crippen LogP contribution in [0.5, 0.6) is 0 Å². The molecule has 13 heavy (non-hydrogen) atoms. The predicted octanol–water partition coefficient (Wildman–Crippen LogP) is 4.43. The first kappa shape index (κ1) is 9.04. The van der Waals surface area contributed by atoms with E-state index >= 15 is 0 Å². The van der Waals surface area contributed by atoms with Crippen molar-refractivity contribution in [2.24, 2.45) is 0 Å². The largest absolute Gasteiger partial charge is 0.139 e. The van der Waals surface area contributed by atoms with E-state index in [0.717, 1.165) is 11.4 Å². The third-order valence-electron chi connectivity index (χ3n) is 2.25. The summed E-state index contributed by atoms with van der Waals surface area (Å²) in [4.78, 5) is 1.41. The third kappa shape index (κ3) is 1.47. The molecule has 1 aromatic carbocycles. The van der Waals surface area contributed by atoms with E-state index < -0.39 is 0 Å². The van der Waals surface area contributed by atoms with Crippen LogP contribution >= 0.6 is 22.9 Å². The Morgan fingerprint density at radius 3 is 2.77 bits per heavy atom. The van der Waals surface area contributed by atoms with Gasteiger partial charge in [-0.1, -0.05) is 24.6 Å². The highest BCUT2D eigenvalue weighted by atomic mass is 35.5. The molecule has 2 heteroatoms. The highest BCUT2D eigenvalue weighted by Gasteiger charge is 2.05. The van der Waals surface area contributed by atoms with Crippen molar-refractivity contribution in [3.8, 4) is 0 Å². The van der Waals surface area contributed by atoms with Gasteiger partial charge in [-0.2, -0.15) is 0 Å². The lowest BCUT2D eigenvalue weighted by Crippen LogP contribution is -1.72. The predicted molar refractivity (Wildman–Crippen MR) is 61.0 cm³/mol. The van der Waals surface area contributed by atoms with Crippen LogP contribution in [-0.2, 0) is 6.42 Å². The molecule has 0 saturated heterocycles. The summed E-state index contributed by atoms with van der Waals surface area (Å²) in [6.07, 6.45) is 1.09. The molecule has 0 bridgehead atoms. The first-order valence-corrected chi connectivity index (χ1v) is 5.59. The maximum atomic E-state index is 6.11. The van der Waals surface area contributed by atoms with E-state index in [1.165, 1.54) is 20.5 Å². The van der Waals surface area contributed by atoms with Crippen LogP contribution in [0.1, 0.15) is 17.4 Å². The van der Waals surface area contributed by atoms with Gasteiger partial charge in [0.25, 0.3) is 0 Å². The number of fused-ring (bicyclic) bond motifs is 1. The fourth-order valence-electron chi connectivity index (χ4n) is 1.45. The van der Waals surface area contributed by atoms with E-state index in [1.54, 1.807) is 11.3 Å². The zero-order valence-electron chi connectivity index (χ0n) is 7.73. The molecule has 0 aliphatic carbocycles. The average molecular weight is 211 g/mol. The molecule has 0 radical (unpaired) electrons. The number of hydrogen-bond donors (Lipinski definition) is 0. The summed E-state index contributed by atoms with van der Waals surface area (Å²) in [5.41, 5.74) is 1.32. The van der Waals surface area contributed by atoms with Crippen molar-refractivity contribution in [3.63, 3.8) is 0 Å². The van der Waals surface area contributed by atoms with E-state index in [0.29, 0.717) is 0 Å². The lowest BCUT2D eigenvalue weighted by Gasteiger charge is -1.96. The van der Waals surface area contributed by atoms with Crippen molar-refractivity contribution in [3.05, 3.63) is 33.7 Å². The quantitative estimate of drug-likeness (QED) is 0.654. The van der Waals surface area contributed by atoms with Crippen molar-refractivity contribution >= 4 is 33.0 Å². The summed E-state index contributed by atoms with van der Waals surface area (Å²) < 4.78 is 1.23. The Bertz CT molecular complexity index is 404. The van der Waals surface area contributed by atoms with Gasteiger partial charge in [0.2, 0.25) is 0 Å². The van der Waals surface area contributed by atoms with Gasteiger partial charge in [-0.05, 0) is 36.4 Å². The van der Waals surface area contributed by atoms with Gasteiger partial charge in [0, 0.05) is 4.88 Å². The van der Waals surface area contributed by atoms with Crippen LogP contribution in [0.25, 0.3) is 10.1 Å². The van der Waals surface area contributed by atoms with Gasteiger partial charge in [0.1, 0.15) is 0 Å². The summed E-state index contributed by atoms with van der Waals surface area (Å²) in [5, 5.41) is 2.19. The van der Waals surface area contributed by atoms with Crippen LogP contribution in [0, 0.1) is 6.92 Å². The van der Waals surface area contributed by atoms with Crippen molar-refractivity contribution in [1.29, 1.82) is 0 Å². The van der Waals surface area contributed by atoms with Gasteiger partial charge in [-0.15, -0.1) is 11.3 Å². The number of benzene rings is 1. The molecule has 0 atom stereocenters. The fraction of sp³-hybridized carbons (Fsp3) is 0.273. The molecule has 1 heterocycles. The topological polar surface area (TPSA) is 0 Å². The maximum Gasteiger partial charge on any atom is 0.0584 e. The molecule has 0 unspecified atom stereocenters. The Balaban J connectivity index is 2.80. The smallest absolute Gasteiger partial charge is 0.0584 e. The monoisotopic (exact) mass is 210 g/mol. The second-order valence-corrected chi connectivity index (χ2v) is 4.72. The second kappa shape index (κ2) is 3.32. The molecular formula is C11H11ClS. The Morgan fingerprint density at radius 2 is 2.15 bits per heavy atom. The summed E-state index contributed by atoms with van der Waals surface area (Å²) in [5.74, 6) is 0. The van der Waals surface area contributed by atoms with Crippen LogP contribution in [0.15, 0.2) is 18.2 Å². The summed E-state index contributed by atoms with van der Waals surface area (Å²) in [7, 11) is 0. The second-order valence-electron chi connectivity index (χ2n) is 3.17. The summed E-state index contributed by atoms with van der Waals surface area (Å²) >= 11 is 7.92. The minimum Gasteiger partial charge on any atom is -0.139 e. The highest BCUT2D eigenvalue weighted by molar-refractivity contribution is 7.19. The van der Waals surface area contributed by atoms with Crippen LogP contribution in [0.3, 0.4) is 0 Å². The van der Waals surface area contributed by atoms with E-state index in [1.807, 2.05) is 6.07 Å². The molecule has 0 saturated carbocycles. The zero-order chi connectivity index (χ0) is 9.42. The van der Waals surface area contributed by atoms with Gasteiger partial charge in [0.05, 0.1) is 9.72 Å². The minimum atomic E-state index is 0.880. The number of rotatable bonds is 1. The first-order valence-electron chi connectivity index (χ1n) is 4.40. The molecule has 0 spiro atoms. The Labute approximate surface area is 87.2 Å². The molecule has 2 aromatic rings. The van der Waals surface area contributed by atoms with E-state index in [-0.39, 0.29) is 0 Å². The van der Waals surface area contributed by atoms with Crippen LogP contribution in [0.4, 0.5) is 0 Å². The molecule has 0 amide bonds. The minimum absolute atomic E-state index is 0.880. The molecule has 0 fully saturated rings. The van der Waals surface area contributed by atoms with Crippen molar-refractivity contribution in [2.75, 3.05) is 0 Å². The van der Waals surface area contributed by atoms with Gasteiger partial charge >= 0.3 is 0 Å². The van der Waals surface area contributed by atoms with Gasteiger partial charge in [-0.25, -0.2) is 0 Å². The lowest BCUT2D eigenvalue weighted by atomic mass is 10.1. The average Bonchev–Trinajstić information content (AvgIpc) is 2.56. The highest BCUT2D eigenvalue weighted by Crippen LogP contribution is 2.33. The maximum absolute atomic E-state index is 6.11. The number of aryl methyl sites for hydroxylation is 2. The number of hydrogen-bond acceptors (Lipinski definition) is 1. The Kier molecular flexibility index (Phi) is 2.31. The van der Waals surface area contributed by atoms with Crippen LogP contribution in [0.2, 0.25) is 5.02 Å². The molecule has 68 valence electrons. The molecule has 2 rings (SSSR count). The number of thiophene rings is 1. The Morgan fingerprint density at radius 1 is 1.38 bits per heavy atom. The standard InChI is InChI=1S/C11H11ClS/c1-3-8-6-9-7(2)4-5-10(12)11(9)13-8/h4-6H,3H2,1-2H3. The van der Waals surface area contributed by atoms with E-state index in [9.17, 15) is 0 Å². The molecule has 0 nitrogen and oxygen atoms in total. The Hall–Kier alpha value is -0.530. The molecule has 0 aliphatic heterocycles. The first-order chi connectivity index (χ1) is 6.22.